The molecule has 2 fully saturated rings. The molecule has 2 N–H and O–H groups in total. The largest absolute Gasteiger partial charge is 0.342 e. The standard InChI is InChI=1S/C12H23N3S/c1-9-7-5-6-8-12(9)13-10(16)15(14-12)11(2,3)4/h9,14H,5-8H2,1-4H3,(H,13,16)/t9-,12-/m1/s1. The number of nitrogens with zero attached hydrogens (tertiary/aromatic N) is 1. The van der Waals surface area contributed by atoms with Gasteiger partial charge >= 0.3 is 0 Å². The number of hydrazine groups is 1. The molecule has 0 bridgehead atoms. The van der Waals surface area contributed by atoms with Crippen molar-refractivity contribution in [3.8, 4) is 0 Å². The number of thiocarbonyl (C=S) groups is 1. The van der Waals surface area contributed by atoms with Crippen molar-refractivity contribution in [2.45, 2.75) is 64.6 Å². The van der Waals surface area contributed by atoms with Crippen molar-refractivity contribution in [1.82, 2.24) is 15.8 Å². The van der Waals surface area contributed by atoms with Crippen LogP contribution in [-0.4, -0.2) is 21.3 Å². The predicted octanol–water partition coefficient (Wildman–Crippen LogP) is 2.39. The molecule has 0 radical (unpaired) electrons. The van der Waals surface area contributed by atoms with Crippen molar-refractivity contribution in [3.63, 3.8) is 0 Å². The lowest BCUT2D eigenvalue weighted by Crippen LogP contribution is -2.59. The second kappa shape index (κ2) is 3.84. The molecular formula is C12H23N3S. The van der Waals surface area contributed by atoms with Crippen LogP contribution in [0.15, 0.2) is 0 Å². The highest BCUT2D eigenvalue weighted by atomic mass is 32.1. The molecule has 2 aliphatic rings. The van der Waals surface area contributed by atoms with Crippen LogP contribution in [0.2, 0.25) is 0 Å². The number of nitrogens with one attached hydrogen (secondary N) is 2. The summed E-state index contributed by atoms with van der Waals surface area (Å²) in [5.41, 5.74) is 3.68. The lowest BCUT2D eigenvalue weighted by molar-refractivity contribution is 0.0694. The minimum atomic E-state index is 0.0165. The van der Waals surface area contributed by atoms with Crippen LogP contribution in [0.3, 0.4) is 0 Å². The fourth-order valence-electron chi connectivity index (χ4n) is 2.70. The van der Waals surface area contributed by atoms with E-state index in [1.54, 1.807) is 0 Å². The molecule has 16 heavy (non-hydrogen) atoms. The highest BCUT2D eigenvalue weighted by Crippen LogP contribution is 2.35. The lowest BCUT2D eigenvalue weighted by atomic mass is 9.80. The molecule has 0 aromatic carbocycles. The van der Waals surface area contributed by atoms with E-state index in [0.29, 0.717) is 5.92 Å². The van der Waals surface area contributed by atoms with Crippen LogP contribution in [0.5, 0.6) is 0 Å². The molecule has 1 spiro atoms. The predicted molar refractivity (Wildman–Crippen MR) is 70.8 cm³/mol. The quantitative estimate of drug-likeness (QED) is 0.637. The van der Waals surface area contributed by atoms with E-state index in [1.165, 1.54) is 25.7 Å². The van der Waals surface area contributed by atoms with E-state index >= 15 is 0 Å². The van der Waals surface area contributed by atoms with E-state index in [9.17, 15) is 0 Å². The maximum Gasteiger partial charge on any atom is 0.185 e. The molecule has 1 saturated heterocycles. The fourth-order valence-corrected chi connectivity index (χ4v) is 3.20. The summed E-state index contributed by atoms with van der Waals surface area (Å²) >= 11 is 5.45. The maximum atomic E-state index is 5.45. The summed E-state index contributed by atoms with van der Waals surface area (Å²) in [4.78, 5) is 0. The van der Waals surface area contributed by atoms with Crippen LogP contribution in [0.25, 0.3) is 0 Å². The van der Waals surface area contributed by atoms with Gasteiger partial charge in [-0.2, -0.15) is 0 Å². The molecule has 0 aromatic rings. The zero-order valence-corrected chi connectivity index (χ0v) is 11.6. The zero-order chi connectivity index (χ0) is 12.0. The normalized spacial score (nSPS) is 35.6. The van der Waals surface area contributed by atoms with Crippen molar-refractivity contribution in [2.24, 2.45) is 5.92 Å². The highest BCUT2D eigenvalue weighted by Gasteiger charge is 2.47. The average Bonchev–Trinajstić information content (AvgIpc) is 2.49. The van der Waals surface area contributed by atoms with E-state index in [4.69, 9.17) is 12.2 Å². The third-order valence-electron chi connectivity index (χ3n) is 3.81. The Morgan fingerprint density at radius 3 is 2.56 bits per heavy atom. The van der Waals surface area contributed by atoms with Crippen LogP contribution < -0.4 is 10.7 Å². The van der Waals surface area contributed by atoms with E-state index in [2.05, 4.69) is 43.4 Å². The van der Waals surface area contributed by atoms with Crippen LogP contribution >= 0.6 is 12.2 Å². The Balaban J connectivity index is 2.19. The fraction of sp³-hybridized carbons (Fsp3) is 0.917. The van der Waals surface area contributed by atoms with Crippen molar-refractivity contribution in [1.29, 1.82) is 0 Å². The van der Waals surface area contributed by atoms with E-state index in [-0.39, 0.29) is 11.2 Å². The van der Waals surface area contributed by atoms with Gasteiger partial charge in [0.15, 0.2) is 5.11 Å². The van der Waals surface area contributed by atoms with Crippen molar-refractivity contribution < 1.29 is 0 Å². The minimum Gasteiger partial charge on any atom is -0.342 e. The first-order chi connectivity index (χ1) is 7.35. The Labute approximate surface area is 104 Å². The summed E-state index contributed by atoms with van der Waals surface area (Å²) in [6, 6.07) is 0. The number of hydrogen-bond donors (Lipinski definition) is 2. The van der Waals surface area contributed by atoms with Gasteiger partial charge in [-0.1, -0.05) is 13.3 Å². The number of rotatable bonds is 0. The summed E-state index contributed by atoms with van der Waals surface area (Å²) in [6.45, 7) is 8.86. The number of hydrogen-bond acceptors (Lipinski definition) is 2. The van der Waals surface area contributed by atoms with Crippen LogP contribution in [0.4, 0.5) is 0 Å². The molecule has 0 aromatic heterocycles. The summed E-state index contributed by atoms with van der Waals surface area (Å²) in [6.07, 6.45) is 5.07. The molecule has 1 aliphatic heterocycles. The first kappa shape index (κ1) is 12.1. The molecule has 2 atom stereocenters. The molecule has 2 rings (SSSR count). The third-order valence-corrected chi connectivity index (χ3v) is 4.10. The van der Waals surface area contributed by atoms with E-state index < -0.39 is 0 Å². The van der Waals surface area contributed by atoms with E-state index in [0.717, 1.165) is 5.11 Å². The maximum absolute atomic E-state index is 5.45. The van der Waals surface area contributed by atoms with Gasteiger partial charge in [-0.25, -0.2) is 5.43 Å². The van der Waals surface area contributed by atoms with Gasteiger partial charge in [0.1, 0.15) is 5.66 Å². The molecular weight excluding hydrogens is 218 g/mol. The third kappa shape index (κ3) is 1.93. The summed E-state index contributed by atoms with van der Waals surface area (Å²) < 4.78 is 0. The highest BCUT2D eigenvalue weighted by molar-refractivity contribution is 7.80. The SMILES string of the molecule is C[C@@H]1CCCC[C@]12NC(=S)N(C(C)(C)C)N2. The second-order valence-corrected chi connectivity index (χ2v) is 6.55. The summed E-state index contributed by atoms with van der Waals surface area (Å²) in [5, 5.41) is 6.49. The van der Waals surface area contributed by atoms with Gasteiger partial charge < -0.3 is 5.32 Å². The Kier molecular flexibility index (Phi) is 2.91. The van der Waals surface area contributed by atoms with Gasteiger partial charge in [-0.3, -0.25) is 5.01 Å². The lowest BCUT2D eigenvalue weighted by Gasteiger charge is -2.41. The average molecular weight is 241 g/mol. The molecule has 3 nitrogen and oxygen atoms in total. The topological polar surface area (TPSA) is 27.3 Å². The summed E-state index contributed by atoms with van der Waals surface area (Å²) in [5.74, 6) is 0.631. The summed E-state index contributed by atoms with van der Waals surface area (Å²) in [7, 11) is 0. The monoisotopic (exact) mass is 241 g/mol. The molecule has 92 valence electrons. The van der Waals surface area contributed by atoms with E-state index in [1.807, 2.05) is 0 Å². The molecule has 0 unspecified atom stereocenters. The van der Waals surface area contributed by atoms with Gasteiger partial charge in [0.2, 0.25) is 0 Å². The van der Waals surface area contributed by atoms with Gasteiger partial charge in [-0.15, -0.1) is 0 Å². The van der Waals surface area contributed by atoms with Crippen LogP contribution in [0.1, 0.15) is 53.4 Å². The Hall–Kier alpha value is -0.350. The molecule has 0 amide bonds. The van der Waals surface area contributed by atoms with Crippen LogP contribution in [-0.2, 0) is 0 Å². The van der Waals surface area contributed by atoms with Gasteiger partial charge in [0.25, 0.3) is 0 Å². The first-order valence-corrected chi connectivity index (χ1v) is 6.66. The molecule has 1 aliphatic carbocycles. The van der Waals surface area contributed by atoms with Gasteiger partial charge in [-0.05, 0) is 58.2 Å². The van der Waals surface area contributed by atoms with Gasteiger partial charge in [0, 0.05) is 0 Å². The molecule has 1 saturated carbocycles. The molecule has 4 heteroatoms. The Morgan fingerprint density at radius 1 is 1.38 bits per heavy atom. The zero-order valence-electron chi connectivity index (χ0n) is 10.8. The Bertz CT molecular complexity index is 297. The van der Waals surface area contributed by atoms with Crippen molar-refractivity contribution >= 4 is 17.3 Å². The van der Waals surface area contributed by atoms with Crippen LogP contribution in [0, 0.1) is 5.92 Å². The van der Waals surface area contributed by atoms with Gasteiger partial charge in [0.05, 0.1) is 5.54 Å². The minimum absolute atomic E-state index is 0.0165. The first-order valence-electron chi connectivity index (χ1n) is 6.25. The van der Waals surface area contributed by atoms with Crippen molar-refractivity contribution in [2.75, 3.05) is 0 Å². The molecule has 1 heterocycles. The second-order valence-electron chi connectivity index (χ2n) is 6.17. The Morgan fingerprint density at radius 2 is 2.06 bits per heavy atom. The van der Waals surface area contributed by atoms with Crippen molar-refractivity contribution in [3.05, 3.63) is 0 Å². The smallest absolute Gasteiger partial charge is 0.185 e.